The molecule has 0 fully saturated rings. The van der Waals surface area contributed by atoms with E-state index in [0.29, 0.717) is 0 Å². The van der Waals surface area contributed by atoms with E-state index in [1.165, 1.54) is 37.9 Å². The first kappa shape index (κ1) is 13.8. The Hall–Kier alpha value is -2.58. The van der Waals surface area contributed by atoms with Crippen LogP contribution in [0.2, 0.25) is 0 Å². The minimum Gasteiger partial charge on any atom is -0.247 e. The Bertz CT molecular complexity index is 1080. The molecule has 114 valence electrons. The van der Waals surface area contributed by atoms with E-state index in [-0.39, 0.29) is 0 Å². The lowest BCUT2D eigenvalue weighted by molar-refractivity contribution is 1.29. The lowest BCUT2D eigenvalue weighted by Crippen LogP contribution is -1.91. The van der Waals surface area contributed by atoms with Gasteiger partial charge in [0.05, 0.1) is 11.4 Å². The van der Waals surface area contributed by atoms with Crippen molar-refractivity contribution in [3.63, 3.8) is 0 Å². The molecule has 0 saturated carbocycles. The summed E-state index contributed by atoms with van der Waals surface area (Å²) in [5, 5.41) is 2.62. The van der Waals surface area contributed by atoms with Crippen molar-refractivity contribution in [2.24, 2.45) is 0 Å². The molecule has 0 unspecified atom stereocenters. The van der Waals surface area contributed by atoms with E-state index in [4.69, 9.17) is 4.98 Å². The Kier molecular flexibility index (Phi) is 3.00. The number of benzene rings is 3. The topological polar surface area (TPSA) is 12.9 Å². The summed E-state index contributed by atoms with van der Waals surface area (Å²) in [7, 11) is 0. The second-order valence-electron chi connectivity index (χ2n) is 6.01. The molecule has 1 nitrogen and oxygen atoms in total. The van der Waals surface area contributed by atoms with Gasteiger partial charge < -0.3 is 0 Å². The molecule has 0 radical (unpaired) electrons. The van der Waals surface area contributed by atoms with Crippen molar-refractivity contribution in [3.8, 4) is 33.6 Å². The number of pyridine rings is 1. The molecule has 1 aliphatic rings. The molecule has 0 aliphatic heterocycles. The fourth-order valence-corrected chi connectivity index (χ4v) is 4.28. The third-order valence-corrected chi connectivity index (χ3v) is 5.46. The summed E-state index contributed by atoms with van der Waals surface area (Å²) < 4.78 is 0. The van der Waals surface area contributed by atoms with Crippen LogP contribution in [0.15, 0.2) is 77.7 Å². The van der Waals surface area contributed by atoms with E-state index in [1.54, 1.807) is 11.8 Å². The average molecular weight is 325 g/mol. The van der Waals surface area contributed by atoms with Gasteiger partial charge in [0.25, 0.3) is 0 Å². The third kappa shape index (κ3) is 1.87. The first-order valence-corrected chi connectivity index (χ1v) is 9.26. The monoisotopic (exact) mass is 325 g/mol. The maximum atomic E-state index is 5.06. The molecule has 1 heterocycles. The van der Waals surface area contributed by atoms with Crippen molar-refractivity contribution in [1.82, 2.24) is 4.98 Å². The lowest BCUT2D eigenvalue weighted by atomic mass is 10.0. The summed E-state index contributed by atoms with van der Waals surface area (Å²) in [4.78, 5) is 6.35. The van der Waals surface area contributed by atoms with Crippen LogP contribution in [0.1, 0.15) is 0 Å². The predicted molar refractivity (Wildman–Crippen MR) is 103 cm³/mol. The van der Waals surface area contributed by atoms with Crippen molar-refractivity contribution < 1.29 is 0 Å². The molecule has 0 saturated heterocycles. The highest BCUT2D eigenvalue weighted by Gasteiger charge is 2.25. The largest absolute Gasteiger partial charge is 0.247 e. The SMILES string of the molecule is CSc1cc(-c2ccccc2)nc2c1-c1cccc3cccc-2c13. The Morgan fingerprint density at radius 3 is 2.29 bits per heavy atom. The third-order valence-electron chi connectivity index (χ3n) is 4.70. The van der Waals surface area contributed by atoms with Gasteiger partial charge in [-0.25, -0.2) is 4.98 Å². The van der Waals surface area contributed by atoms with Crippen molar-refractivity contribution >= 4 is 22.5 Å². The fourth-order valence-electron chi connectivity index (χ4n) is 3.64. The van der Waals surface area contributed by atoms with E-state index in [9.17, 15) is 0 Å². The molecule has 1 aromatic heterocycles. The second kappa shape index (κ2) is 5.22. The van der Waals surface area contributed by atoms with Crippen LogP contribution in [0.4, 0.5) is 0 Å². The molecule has 0 N–H and O–H groups in total. The molecule has 0 amide bonds. The van der Waals surface area contributed by atoms with Gasteiger partial charge in [0.15, 0.2) is 0 Å². The van der Waals surface area contributed by atoms with Crippen LogP contribution in [0, 0.1) is 0 Å². The molecule has 0 spiro atoms. The highest BCUT2D eigenvalue weighted by atomic mass is 32.2. The molecule has 0 bridgehead atoms. The van der Waals surface area contributed by atoms with Gasteiger partial charge in [0.1, 0.15) is 0 Å². The lowest BCUT2D eigenvalue weighted by Gasteiger charge is -2.11. The van der Waals surface area contributed by atoms with E-state index >= 15 is 0 Å². The van der Waals surface area contributed by atoms with E-state index in [0.717, 1.165) is 11.4 Å². The van der Waals surface area contributed by atoms with Crippen LogP contribution in [0.5, 0.6) is 0 Å². The minimum atomic E-state index is 1.04. The standard InChI is InChI=1S/C22H15NS/c1-24-19-13-18(14-7-3-2-4-8-14)23-22-17-12-6-10-15-9-5-11-16(20(15)17)21(19)22/h2-13H,1H3. The predicted octanol–water partition coefficient (Wildman–Crippen LogP) is 6.27. The van der Waals surface area contributed by atoms with Crippen LogP contribution in [0.25, 0.3) is 44.4 Å². The number of fused-ring (bicyclic) bond motifs is 3. The molecule has 5 rings (SSSR count). The summed E-state index contributed by atoms with van der Waals surface area (Å²) in [6.45, 7) is 0. The number of nitrogens with zero attached hydrogens (tertiary/aromatic N) is 1. The van der Waals surface area contributed by atoms with Gasteiger partial charge in [0, 0.05) is 21.6 Å². The van der Waals surface area contributed by atoms with Gasteiger partial charge in [-0.1, -0.05) is 66.7 Å². The number of hydrogen-bond donors (Lipinski definition) is 0. The molecular formula is C22H15NS. The molecular weight excluding hydrogens is 310 g/mol. The van der Waals surface area contributed by atoms with Crippen molar-refractivity contribution in [3.05, 3.63) is 72.8 Å². The van der Waals surface area contributed by atoms with E-state index < -0.39 is 0 Å². The van der Waals surface area contributed by atoms with Crippen LogP contribution in [0.3, 0.4) is 0 Å². The van der Waals surface area contributed by atoms with E-state index in [1.807, 2.05) is 6.07 Å². The van der Waals surface area contributed by atoms with Crippen molar-refractivity contribution in [2.75, 3.05) is 6.26 Å². The molecule has 0 atom stereocenters. The zero-order valence-electron chi connectivity index (χ0n) is 13.3. The van der Waals surface area contributed by atoms with Gasteiger partial charge >= 0.3 is 0 Å². The van der Waals surface area contributed by atoms with Gasteiger partial charge in [-0.05, 0) is 28.7 Å². The Morgan fingerprint density at radius 2 is 1.54 bits per heavy atom. The summed E-state index contributed by atoms with van der Waals surface area (Å²) in [6.07, 6.45) is 2.15. The van der Waals surface area contributed by atoms with Gasteiger partial charge in [-0.15, -0.1) is 11.8 Å². The van der Waals surface area contributed by atoms with Gasteiger partial charge in [-0.2, -0.15) is 0 Å². The number of aromatic nitrogens is 1. The molecule has 2 heteroatoms. The summed E-state index contributed by atoms with van der Waals surface area (Å²) >= 11 is 1.80. The molecule has 24 heavy (non-hydrogen) atoms. The molecule has 3 aromatic carbocycles. The highest BCUT2D eigenvalue weighted by Crippen LogP contribution is 2.50. The summed E-state index contributed by atoms with van der Waals surface area (Å²) in [5.74, 6) is 0. The average Bonchev–Trinajstić information content (AvgIpc) is 2.98. The second-order valence-corrected chi connectivity index (χ2v) is 6.86. The molecule has 1 aliphatic carbocycles. The van der Waals surface area contributed by atoms with E-state index in [2.05, 4.69) is 73.0 Å². The Balaban J connectivity index is 1.87. The quantitative estimate of drug-likeness (QED) is 0.355. The minimum absolute atomic E-state index is 1.04. The fraction of sp³-hybridized carbons (Fsp3) is 0.0455. The first-order valence-electron chi connectivity index (χ1n) is 8.04. The summed E-state index contributed by atoms with van der Waals surface area (Å²) in [5.41, 5.74) is 7.18. The smallest absolute Gasteiger partial charge is 0.0805 e. The van der Waals surface area contributed by atoms with Crippen LogP contribution < -0.4 is 0 Å². The zero-order valence-corrected chi connectivity index (χ0v) is 14.1. The number of thioether (sulfide) groups is 1. The van der Waals surface area contributed by atoms with Gasteiger partial charge in [-0.3, -0.25) is 0 Å². The maximum absolute atomic E-state index is 5.06. The van der Waals surface area contributed by atoms with Crippen molar-refractivity contribution in [2.45, 2.75) is 4.90 Å². The zero-order chi connectivity index (χ0) is 16.1. The first-order chi connectivity index (χ1) is 11.9. The van der Waals surface area contributed by atoms with Crippen LogP contribution in [-0.4, -0.2) is 11.2 Å². The maximum Gasteiger partial charge on any atom is 0.0805 e. The summed E-state index contributed by atoms with van der Waals surface area (Å²) in [6, 6.07) is 25.7. The number of rotatable bonds is 2. The number of hydrogen-bond acceptors (Lipinski definition) is 2. The molecule has 4 aromatic rings. The highest BCUT2D eigenvalue weighted by molar-refractivity contribution is 7.98. The van der Waals surface area contributed by atoms with Crippen LogP contribution in [-0.2, 0) is 0 Å². The van der Waals surface area contributed by atoms with Crippen molar-refractivity contribution in [1.29, 1.82) is 0 Å². The Labute approximate surface area is 145 Å². The Morgan fingerprint density at radius 1 is 0.792 bits per heavy atom. The van der Waals surface area contributed by atoms with Crippen LogP contribution >= 0.6 is 11.8 Å². The van der Waals surface area contributed by atoms with Gasteiger partial charge in [0.2, 0.25) is 0 Å². The normalized spacial score (nSPS) is 11.7.